The van der Waals surface area contributed by atoms with E-state index in [0.717, 1.165) is 0 Å². The number of hydrogen-bond donors (Lipinski definition) is 3. The van der Waals surface area contributed by atoms with Crippen molar-refractivity contribution in [2.24, 2.45) is 0 Å². The number of hydrogen-bond acceptors (Lipinski definition) is 4. The van der Waals surface area contributed by atoms with E-state index in [4.69, 9.17) is 10.4 Å². The van der Waals surface area contributed by atoms with Gasteiger partial charge in [0.15, 0.2) is 0 Å². The van der Waals surface area contributed by atoms with Crippen molar-refractivity contribution < 1.29 is 14.7 Å². The highest BCUT2D eigenvalue weighted by Gasteiger charge is 2.11. The Morgan fingerprint density at radius 1 is 1.50 bits per heavy atom. The van der Waals surface area contributed by atoms with Gasteiger partial charge < -0.3 is 10.4 Å². The van der Waals surface area contributed by atoms with Crippen molar-refractivity contribution >= 4 is 17.6 Å². The molecule has 1 aromatic carbocycles. The lowest BCUT2D eigenvalue weighted by atomic mass is 10.2. The summed E-state index contributed by atoms with van der Waals surface area (Å²) in [4.78, 5) is 22.0. The first-order valence-corrected chi connectivity index (χ1v) is 5.29. The molecule has 1 unspecified atom stereocenters. The van der Waals surface area contributed by atoms with Crippen LogP contribution < -0.4 is 10.6 Å². The van der Waals surface area contributed by atoms with Crippen molar-refractivity contribution in [1.29, 1.82) is 5.26 Å². The first-order valence-electron chi connectivity index (χ1n) is 5.29. The van der Waals surface area contributed by atoms with Gasteiger partial charge in [-0.3, -0.25) is 14.9 Å². The summed E-state index contributed by atoms with van der Waals surface area (Å²) in [6, 6.07) is 7.64. The monoisotopic (exact) mass is 247 g/mol. The van der Waals surface area contributed by atoms with Gasteiger partial charge in [-0.15, -0.1) is 0 Å². The molecule has 0 spiro atoms. The van der Waals surface area contributed by atoms with Crippen LogP contribution in [-0.4, -0.2) is 29.6 Å². The Balaban J connectivity index is 2.50. The van der Waals surface area contributed by atoms with E-state index in [1.807, 2.05) is 6.07 Å². The summed E-state index contributed by atoms with van der Waals surface area (Å²) in [5.41, 5.74) is 0.948. The Kier molecular flexibility index (Phi) is 4.84. The van der Waals surface area contributed by atoms with Crippen LogP contribution in [0, 0.1) is 11.3 Å². The summed E-state index contributed by atoms with van der Waals surface area (Å²) in [6.45, 7) is 1.34. The summed E-state index contributed by atoms with van der Waals surface area (Å²) < 4.78 is 0. The summed E-state index contributed by atoms with van der Waals surface area (Å²) >= 11 is 0. The Bertz CT molecular complexity index is 494. The van der Waals surface area contributed by atoms with Crippen LogP contribution in [0.15, 0.2) is 24.3 Å². The Labute approximate surface area is 104 Å². The number of carbonyl (C=O) groups is 2. The minimum atomic E-state index is -1.02. The lowest BCUT2D eigenvalue weighted by molar-refractivity contribution is -0.139. The van der Waals surface area contributed by atoms with Crippen molar-refractivity contribution in [2.45, 2.75) is 13.0 Å². The molecule has 0 saturated heterocycles. The molecule has 0 saturated carbocycles. The van der Waals surface area contributed by atoms with E-state index in [9.17, 15) is 9.59 Å². The molecule has 0 aliphatic carbocycles. The molecular weight excluding hydrogens is 234 g/mol. The second kappa shape index (κ2) is 6.37. The van der Waals surface area contributed by atoms with Gasteiger partial charge in [-0.2, -0.15) is 5.26 Å². The number of rotatable bonds is 5. The number of nitriles is 1. The van der Waals surface area contributed by atoms with Crippen LogP contribution >= 0.6 is 0 Å². The zero-order chi connectivity index (χ0) is 13.5. The van der Waals surface area contributed by atoms with Gasteiger partial charge in [0.05, 0.1) is 18.2 Å². The maximum Gasteiger partial charge on any atom is 0.320 e. The summed E-state index contributed by atoms with van der Waals surface area (Å²) in [6.07, 6.45) is 0. The van der Waals surface area contributed by atoms with Crippen molar-refractivity contribution in [3.05, 3.63) is 29.8 Å². The average Bonchev–Trinajstić information content (AvgIpc) is 2.36. The van der Waals surface area contributed by atoms with E-state index in [0.29, 0.717) is 11.3 Å². The van der Waals surface area contributed by atoms with Crippen molar-refractivity contribution in [2.75, 3.05) is 11.9 Å². The molecule has 3 N–H and O–H groups in total. The van der Waals surface area contributed by atoms with E-state index >= 15 is 0 Å². The van der Waals surface area contributed by atoms with Crippen LogP contribution in [0.3, 0.4) is 0 Å². The number of benzene rings is 1. The van der Waals surface area contributed by atoms with Gasteiger partial charge >= 0.3 is 5.97 Å². The van der Waals surface area contributed by atoms with Crippen LogP contribution in [0.25, 0.3) is 0 Å². The summed E-state index contributed by atoms with van der Waals surface area (Å²) in [7, 11) is 0. The van der Waals surface area contributed by atoms with Gasteiger partial charge in [0.2, 0.25) is 5.91 Å². The van der Waals surface area contributed by atoms with E-state index < -0.39 is 12.0 Å². The normalized spacial score (nSPS) is 11.3. The molecule has 94 valence electrons. The molecule has 18 heavy (non-hydrogen) atoms. The maximum atomic E-state index is 11.5. The Morgan fingerprint density at radius 3 is 2.83 bits per heavy atom. The van der Waals surface area contributed by atoms with E-state index in [1.165, 1.54) is 6.92 Å². The molecule has 0 heterocycles. The van der Waals surface area contributed by atoms with Crippen molar-refractivity contribution in [3.63, 3.8) is 0 Å². The molecule has 0 aliphatic heterocycles. The van der Waals surface area contributed by atoms with E-state index in [1.54, 1.807) is 24.3 Å². The number of carboxylic acid groups (broad SMARTS) is 1. The molecule has 6 nitrogen and oxygen atoms in total. The molecule has 1 atom stereocenters. The lowest BCUT2D eigenvalue weighted by Crippen LogP contribution is -2.39. The molecule has 0 bridgehead atoms. The van der Waals surface area contributed by atoms with Crippen LogP contribution in [0.4, 0.5) is 5.69 Å². The zero-order valence-corrected chi connectivity index (χ0v) is 9.80. The van der Waals surface area contributed by atoms with Crippen LogP contribution in [0.5, 0.6) is 0 Å². The van der Waals surface area contributed by atoms with Crippen LogP contribution in [0.1, 0.15) is 12.5 Å². The van der Waals surface area contributed by atoms with Crippen LogP contribution in [-0.2, 0) is 9.59 Å². The topological polar surface area (TPSA) is 102 Å². The number of carbonyl (C=O) groups excluding carboxylic acids is 1. The van der Waals surface area contributed by atoms with Gasteiger partial charge in [0.25, 0.3) is 0 Å². The molecular formula is C12H13N3O3. The summed E-state index contributed by atoms with van der Waals surface area (Å²) in [5, 5.41) is 22.4. The third kappa shape index (κ3) is 4.23. The number of aliphatic carboxylic acids is 1. The molecule has 0 fully saturated rings. The Hall–Kier alpha value is -2.39. The van der Waals surface area contributed by atoms with Gasteiger partial charge in [-0.25, -0.2) is 0 Å². The standard InChI is InChI=1S/C12H13N3O3/c1-8(12(17)18)14-7-11(16)15-10-4-2-3-9(5-10)6-13/h2-5,8,14H,7H2,1H3,(H,15,16)(H,17,18). The third-order valence-electron chi connectivity index (χ3n) is 2.21. The number of nitrogens with zero attached hydrogens (tertiary/aromatic N) is 1. The number of anilines is 1. The number of amides is 1. The minimum absolute atomic E-state index is 0.107. The van der Waals surface area contributed by atoms with Gasteiger partial charge in [-0.1, -0.05) is 6.07 Å². The highest BCUT2D eigenvalue weighted by Crippen LogP contribution is 2.09. The fourth-order valence-electron chi connectivity index (χ4n) is 1.20. The number of nitrogens with one attached hydrogen (secondary N) is 2. The lowest BCUT2D eigenvalue weighted by Gasteiger charge is -2.09. The van der Waals surface area contributed by atoms with E-state index in [2.05, 4.69) is 10.6 Å². The fraction of sp³-hybridized carbons (Fsp3) is 0.250. The van der Waals surface area contributed by atoms with Gasteiger partial charge in [-0.05, 0) is 25.1 Å². The highest BCUT2D eigenvalue weighted by atomic mass is 16.4. The predicted molar refractivity (Wildman–Crippen MR) is 64.9 cm³/mol. The maximum absolute atomic E-state index is 11.5. The SMILES string of the molecule is CC(NCC(=O)Nc1cccc(C#N)c1)C(=O)O. The van der Waals surface area contributed by atoms with Crippen molar-refractivity contribution in [1.82, 2.24) is 5.32 Å². The quantitative estimate of drug-likeness (QED) is 0.705. The van der Waals surface area contributed by atoms with Gasteiger partial charge in [0.1, 0.15) is 6.04 Å². The molecule has 1 rings (SSSR count). The van der Waals surface area contributed by atoms with Crippen LogP contribution in [0.2, 0.25) is 0 Å². The third-order valence-corrected chi connectivity index (χ3v) is 2.21. The smallest absolute Gasteiger partial charge is 0.320 e. The molecule has 6 heteroatoms. The second-order valence-corrected chi connectivity index (χ2v) is 3.68. The first kappa shape index (κ1) is 13.7. The minimum Gasteiger partial charge on any atom is -0.480 e. The highest BCUT2D eigenvalue weighted by molar-refractivity contribution is 5.92. The largest absolute Gasteiger partial charge is 0.480 e. The molecule has 0 aliphatic rings. The molecule has 0 radical (unpaired) electrons. The summed E-state index contributed by atoms with van der Waals surface area (Å²) in [5.74, 6) is -1.38. The molecule has 0 aromatic heterocycles. The van der Waals surface area contributed by atoms with E-state index in [-0.39, 0.29) is 12.5 Å². The first-order chi connectivity index (χ1) is 8.52. The fourth-order valence-corrected chi connectivity index (χ4v) is 1.20. The Morgan fingerprint density at radius 2 is 2.22 bits per heavy atom. The van der Waals surface area contributed by atoms with Crippen molar-refractivity contribution in [3.8, 4) is 6.07 Å². The molecule has 1 aromatic rings. The van der Waals surface area contributed by atoms with Gasteiger partial charge in [0, 0.05) is 5.69 Å². The second-order valence-electron chi connectivity index (χ2n) is 3.68. The predicted octanol–water partition coefficient (Wildman–Crippen LogP) is 0.559. The average molecular weight is 247 g/mol. The molecule has 1 amide bonds. The zero-order valence-electron chi connectivity index (χ0n) is 9.80. The number of carboxylic acids is 1.